The molecule has 4 nitrogen and oxygen atoms in total. The molecule has 98 valence electrons. The number of para-hydroxylation sites is 1. The summed E-state index contributed by atoms with van der Waals surface area (Å²) in [4.78, 5) is 12.0. The highest BCUT2D eigenvalue weighted by Gasteiger charge is 2.32. The molecule has 0 bridgehead atoms. The zero-order chi connectivity index (χ0) is 13.2. The highest BCUT2D eigenvalue weighted by Crippen LogP contribution is 2.27. The first-order valence-corrected chi connectivity index (χ1v) is 6.38. The zero-order valence-corrected chi connectivity index (χ0v) is 10.9. The van der Waals surface area contributed by atoms with E-state index in [9.17, 15) is 9.90 Å². The van der Waals surface area contributed by atoms with Crippen LogP contribution in [0.15, 0.2) is 24.3 Å². The summed E-state index contributed by atoms with van der Waals surface area (Å²) < 4.78 is 0. The Morgan fingerprint density at radius 2 is 2.06 bits per heavy atom. The molecular formula is C14H20N2O2. The van der Waals surface area contributed by atoms with Crippen molar-refractivity contribution in [2.45, 2.75) is 44.9 Å². The molecule has 0 radical (unpaired) electrons. The molecule has 1 amide bonds. The normalized spacial score (nSPS) is 23.8. The summed E-state index contributed by atoms with van der Waals surface area (Å²) in [6.45, 7) is 3.76. The quantitative estimate of drug-likeness (QED) is 0.764. The van der Waals surface area contributed by atoms with Gasteiger partial charge in [0.1, 0.15) is 5.66 Å². The van der Waals surface area contributed by atoms with Gasteiger partial charge in [0, 0.05) is 5.69 Å². The molecule has 1 aromatic carbocycles. The van der Waals surface area contributed by atoms with Gasteiger partial charge in [-0.1, -0.05) is 12.1 Å². The molecule has 2 unspecified atom stereocenters. The Morgan fingerprint density at radius 1 is 1.33 bits per heavy atom. The lowest BCUT2D eigenvalue weighted by molar-refractivity contribution is 0.0900. The highest BCUT2D eigenvalue weighted by atomic mass is 16.3. The van der Waals surface area contributed by atoms with E-state index in [1.807, 2.05) is 31.2 Å². The molecule has 1 heterocycles. The monoisotopic (exact) mass is 248 g/mol. The fourth-order valence-electron chi connectivity index (χ4n) is 2.31. The van der Waals surface area contributed by atoms with E-state index >= 15 is 0 Å². The number of carbonyl (C=O) groups is 1. The number of hydrogen-bond acceptors (Lipinski definition) is 3. The largest absolute Gasteiger partial charge is 0.393 e. The van der Waals surface area contributed by atoms with Gasteiger partial charge in [-0.3, -0.25) is 4.79 Å². The van der Waals surface area contributed by atoms with E-state index in [-0.39, 0.29) is 12.0 Å². The summed E-state index contributed by atoms with van der Waals surface area (Å²) in [5.41, 5.74) is 1.13. The van der Waals surface area contributed by atoms with Gasteiger partial charge in [0.2, 0.25) is 0 Å². The van der Waals surface area contributed by atoms with E-state index < -0.39 is 5.66 Å². The third kappa shape index (κ3) is 2.82. The minimum Gasteiger partial charge on any atom is -0.393 e. The molecule has 0 saturated heterocycles. The SMILES string of the molecule is CC(O)CCCC1(C)NC(=O)c2ccccc2N1. The van der Waals surface area contributed by atoms with Crippen LogP contribution in [-0.2, 0) is 0 Å². The molecular weight excluding hydrogens is 228 g/mol. The minimum absolute atomic E-state index is 0.0381. The molecule has 3 N–H and O–H groups in total. The predicted molar refractivity (Wildman–Crippen MR) is 71.5 cm³/mol. The Kier molecular flexibility index (Phi) is 3.57. The summed E-state index contributed by atoms with van der Waals surface area (Å²) in [7, 11) is 0. The first-order valence-electron chi connectivity index (χ1n) is 6.38. The van der Waals surface area contributed by atoms with Crippen LogP contribution in [0.1, 0.15) is 43.5 Å². The maximum Gasteiger partial charge on any atom is 0.255 e. The summed E-state index contributed by atoms with van der Waals surface area (Å²) >= 11 is 0. The van der Waals surface area contributed by atoms with Gasteiger partial charge in [0.05, 0.1) is 11.7 Å². The van der Waals surface area contributed by atoms with Crippen LogP contribution < -0.4 is 10.6 Å². The van der Waals surface area contributed by atoms with Crippen molar-refractivity contribution in [1.82, 2.24) is 5.32 Å². The van der Waals surface area contributed by atoms with Crippen molar-refractivity contribution in [1.29, 1.82) is 0 Å². The molecule has 1 aromatic rings. The molecule has 0 saturated carbocycles. The van der Waals surface area contributed by atoms with Crippen molar-refractivity contribution >= 4 is 11.6 Å². The molecule has 0 spiro atoms. The molecule has 2 atom stereocenters. The van der Waals surface area contributed by atoms with Gasteiger partial charge in [-0.25, -0.2) is 0 Å². The molecule has 18 heavy (non-hydrogen) atoms. The molecule has 0 fully saturated rings. The first kappa shape index (κ1) is 12.9. The van der Waals surface area contributed by atoms with Gasteiger partial charge in [-0.05, 0) is 45.2 Å². The second kappa shape index (κ2) is 4.98. The number of anilines is 1. The van der Waals surface area contributed by atoms with Crippen LogP contribution in [0.25, 0.3) is 0 Å². The number of fused-ring (bicyclic) bond motifs is 1. The Morgan fingerprint density at radius 3 is 2.78 bits per heavy atom. The van der Waals surface area contributed by atoms with Crippen LogP contribution in [0.3, 0.4) is 0 Å². The number of nitrogens with one attached hydrogen (secondary N) is 2. The minimum atomic E-state index is -0.430. The number of aliphatic hydroxyl groups is 1. The molecule has 1 aliphatic heterocycles. The third-order valence-electron chi connectivity index (χ3n) is 3.27. The second-order valence-corrected chi connectivity index (χ2v) is 5.20. The number of amides is 1. The standard InChI is InChI=1S/C14H20N2O2/c1-10(17)6-5-9-14(2)15-12-8-4-3-7-11(12)13(18)16-14/h3-4,7-8,10,15,17H,5-6,9H2,1-2H3,(H,16,18). The second-order valence-electron chi connectivity index (χ2n) is 5.20. The summed E-state index contributed by atoms with van der Waals surface area (Å²) in [5, 5.41) is 15.6. The Bertz CT molecular complexity index is 445. The topological polar surface area (TPSA) is 61.4 Å². The Balaban J connectivity index is 2.07. The van der Waals surface area contributed by atoms with Crippen molar-refractivity contribution in [3.05, 3.63) is 29.8 Å². The van der Waals surface area contributed by atoms with Gasteiger partial charge in [-0.15, -0.1) is 0 Å². The van der Waals surface area contributed by atoms with Crippen LogP contribution >= 0.6 is 0 Å². The fraction of sp³-hybridized carbons (Fsp3) is 0.500. The van der Waals surface area contributed by atoms with E-state index in [1.54, 1.807) is 6.92 Å². The zero-order valence-electron chi connectivity index (χ0n) is 10.9. The summed E-state index contributed by atoms with van der Waals surface area (Å²) in [6, 6.07) is 7.50. The number of benzene rings is 1. The van der Waals surface area contributed by atoms with E-state index in [4.69, 9.17) is 0 Å². The molecule has 0 aromatic heterocycles. The smallest absolute Gasteiger partial charge is 0.255 e. The Labute approximate surface area is 107 Å². The molecule has 0 aliphatic carbocycles. The first-order chi connectivity index (χ1) is 8.50. The van der Waals surface area contributed by atoms with Crippen molar-refractivity contribution in [2.75, 3.05) is 5.32 Å². The van der Waals surface area contributed by atoms with Gasteiger partial charge >= 0.3 is 0 Å². The van der Waals surface area contributed by atoms with Gasteiger partial charge in [0.15, 0.2) is 0 Å². The van der Waals surface area contributed by atoms with Crippen molar-refractivity contribution in [2.24, 2.45) is 0 Å². The maximum absolute atomic E-state index is 12.0. The molecule has 2 rings (SSSR count). The van der Waals surface area contributed by atoms with Gasteiger partial charge in [0.25, 0.3) is 5.91 Å². The lowest BCUT2D eigenvalue weighted by Gasteiger charge is -2.37. The highest BCUT2D eigenvalue weighted by molar-refractivity contribution is 6.02. The summed E-state index contributed by atoms with van der Waals surface area (Å²) in [5.74, 6) is -0.0381. The molecule has 1 aliphatic rings. The van der Waals surface area contributed by atoms with Crippen molar-refractivity contribution in [3.8, 4) is 0 Å². The van der Waals surface area contributed by atoms with E-state index in [0.29, 0.717) is 5.56 Å². The third-order valence-corrected chi connectivity index (χ3v) is 3.27. The van der Waals surface area contributed by atoms with Crippen LogP contribution in [0.2, 0.25) is 0 Å². The molecule has 4 heteroatoms. The van der Waals surface area contributed by atoms with Crippen LogP contribution in [-0.4, -0.2) is 22.8 Å². The number of hydrogen-bond donors (Lipinski definition) is 3. The van der Waals surface area contributed by atoms with Crippen LogP contribution in [0.4, 0.5) is 5.69 Å². The maximum atomic E-state index is 12.0. The average molecular weight is 248 g/mol. The lowest BCUT2D eigenvalue weighted by Crippen LogP contribution is -2.55. The van der Waals surface area contributed by atoms with E-state index in [2.05, 4.69) is 10.6 Å². The predicted octanol–water partition coefficient (Wildman–Crippen LogP) is 2.11. The van der Waals surface area contributed by atoms with Gasteiger partial charge in [-0.2, -0.15) is 0 Å². The van der Waals surface area contributed by atoms with Crippen molar-refractivity contribution in [3.63, 3.8) is 0 Å². The summed E-state index contributed by atoms with van der Waals surface area (Å²) in [6.07, 6.45) is 2.11. The Hall–Kier alpha value is -1.55. The average Bonchev–Trinajstić information content (AvgIpc) is 2.28. The van der Waals surface area contributed by atoms with E-state index in [1.165, 1.54) is 0 Å². The number of aliphatic hydroxyl groups excluding tert-OH is 1. The van der Waals surface area contributed by atoms with Crippen LogP contribution in [0, 0.1) is 0 Å². The van der Waals surface area contributed by atoms with Crippen LogP contribution in [0.5, 0.6) is 0 Å². The van der Waals surface area contributed by atoms with Crippen molar-refractivity contribution < 1.29 is 9.90 Å². The number of rotatable bonds is 4. The number of carbonyl (C=O) groups excluding carboxylic acids is 1. The van der Waals surface area contributed by atoms with Gasteiger partial charge < -0.3 is 15.7 Å². The fourth-order valence-corrected chi connectivity index (χ4v) is 2.31. The lowest BCUT2D eigenvalue weighted by atomic mass is 9.97. The van der Waals surface area contributed by atoms with E-state index in [0.717, 1.165) is 24.9 Å².